The zero-order valence-corrected chi connectivity index (χ0v) is 14.6. The lowest BCUT2D eigenvalue weighted by Crippen LogP contribution is -2.21. The number of hydrogen-bond donors (Lipinski definition) is 4. The van der Waals surface area contributed by atoms with Crippen molar-refractivity contribution in [2.24, 2.45) is 5.10 Å². The fraction of sp³-hybridized carbons (Fsp3) is 0.211. The zero-order valence-electron chi connectivity index (χ0n) is 14.6. The smallest absolute Gasteiger partial charge is 0.240 e. The molecular formula is C19H21N3O4. The van der Waals surface area contributed by atoms with Crippen molar-refractivity contribution in [3.05, 3.63) is 53.6 Å². The minimum atomic E-state index is -0.415. The Morgan fingerprint density at radius 1 is 1.04 bits per heavy atom. The van der Waals surface area contributed by atoms with Gasteiger partial charge in [-0.1, -0.05) is 12.1 Å². The lowest BCUT2D eigenvalue weighted by atomic mass is 10.1. The maximum Gasteiger partial charge on any atom is 0.240 e. The first kappa shape index (κ1) is 19.0. The summed E-state index contributed by atoms with van der Waals surface area (Å²) in [5.74, 6) is -0.884. The molecule has 2 aromatic carbocycles. The number of carbonyl (C=O) groups excluding carboxylic acids is 2. The highest BCUT2D eigenvalue weighted by Gasteiger charge is 2.09. The molecule has 0 aliphatic heterocycles. The molecular weight excluding hydrogens is 334 g/mol. The Bertz CT molecular complexity index is 846. The molecule has 7 nitrogen and oxygen atoms in total. The van der Waals surface area contributed by atoms with Crippen LogP contribution in [0.1, 0.15) is 30.9 Å². The predicted molar refractivity (Wildman–Crippen MR) is 99.2 cm³/mol. The van der Waals surface area contributed by atoms with Crippen LogP contribution in [0.4, 0.5) is 5.69 Å². The molecule has 0 aliphatic rings. The predicted octanol–water partition coefficient (Wildman–Crippen LogP) is 2.67. The first-order valence-corrected chi connectivity index (χ1v) is 8.07. The average molecular weight is 355 g/mol. The van der Waals surface area contributed by atoms with Crippen LogP contribution in [0.15, 0.2) is 47.6 Å². The highest BCUT2D eigenvalue weighted by atomic mass is 16.3. The van der Waals surface area contributed by atoms with Gasteiger partial charge in [0.25, 0.3) is 0 Å². The minimum absolute atomic E-state index is 0.0179. The standard InChI is InChI=1S/C19H21N3O4/c1-12-4-3-5-14(10-12)20-18(25)8-9-19(26)22-21-13(2)16-7-6-15(23)11-17(16)24/h3-7,10-11,23-24H,8-9H2,1-2H3,(H,20,25)(H,22,26). The van der Waals surface area contributed by atoms with Crippen molar-refractivity contribution in [2.75, 3.05) is 5.32 Å². The average Bonchev–Trinajstić information content (AvgIpc) is 2.58. The maximum absolute atomic E-state index is 11.9. The quantitative estimate of drug-likeness (QED) is 0.471. The number of nitrogens with one attached hydrogen (secondary N) is 2. The van der Waals surface area contributed by atoms with Gasteiger partial charge in [-0.05, 0) is 43.7 Å². The summed E-state index contributed by atoms with van der Waals surface area (Å²) < 4.78 is 0. The number of anilines is 1. The number of phenols is 2. The van der Waals surface area contributed by atoms with E-state index in [9.17, 15) is 19.8 Å². The lowest BCUT2D eigenvalue weighted by molar-refractivity contribution is -0.124. The third-order valence-corrected chi connectivity index (χ3v) is 3.60. The summed E-state index contributed by atoms with van der Waals surface area (Å²) in [5.41, 5.74) is 4.83. The van der Waals surface area contributed by atoms with E-state index < -0.39 is 5.91 Å². The van der Waals surface area contributed by atoms with Crippen LogP contribution in [0, 0.1) is 6.92 Å². The normalized spacial score (nSPS) is 11.1. The molecule has 0 saturated heterocycles. The van der Waals surface area contributed by atoms with E-state index in [0.29, 0.717) is 17.0 Å². The van der Waals surface area contributed by atoms with Gasteiger partial charge in [0.1, 0.15) is 11.5 Å². The second-order valence-corrected chi connectivity index (χ2v) is 5.85. The van der Waals surface area contributed by atoms with E-state index in [1.54, 1.807) is 13.0 Å². The van der Waals surface area contributed by atoms with Crippen LogP contribution in [-0.2, 0) is 9.59 Å². The summed E-state index contributed by atoms with van der Waals surface area (Å²) in [6, 6.07) is 11.5. The van der Waals surface area contributed by atoms with Gasteiger partial charge in [-0.25, -0.2) is 5.43 Å². The molecule has 0 atom stereocenters. The molecule has 136 valence electrons. The van der Waals surface area contributed by atoms with Gasteiger partial charge in [0.15, 0.2) is 0 Å². The SMILES string of the molecule is CC(=NNC(=O)CCC(=O)Nc1cccc(C)c1)c1ccc(O)cc1O. The van der Waals surface area contributed by atoms with Crippen molar-refractivity contribution < 1.29 is 19.8 Å². The van der Waals surface area contributed by atoms with Crippen molar-refractivity contribution >= 4 is 23.2 Å². The fourth-order valence-electron chi connectivity index (χ4n) is 2.26. The molecule has 0 bridgehead atoms. The molecule has 2 aromatic rings. The fourth-order valence-corrected chi connectivity index (χ4v) is 2.26. The maximum atomic E-state index is 11.9. The Labute approximate surface area is 151 Å². The molecule has 0 radical (unpaired) electrons. The highest BCUT2D eigenvalue weighted by Crippen LogP contribution is 2.22. The van der Waals surface area contributed by atoms with Gasteiger partial charge in [-0.3, -0.25) is 9.59 Å². The number of aromatic hydroxyl groups is 2. The summed E-state index contributed by atoms with van der Waals surface area (Å²) in [4.78, 5) is 23.7. The molecule has 2 rings (SSSR count). The number of benzene rings is 2. The monoisotopic (exact) mass is 355 g/mol. The number of amides is 2. The highest BCUT2D eigenvalue weighted by molar-refractivity contribution is 6.01. The van der Waals surface area contributed by atoms with Gasteiger partial charge in [0.05, 0.1) is 5.71 Å². The number of hydrazone groups is 1. The lowest BCUT2D eigenvalue weighted by Gasteiger charge is -2.07. The van der Waals surface area contributed by atoms with Crippen LogP contribution in [0.5, 0.6) is 11.5 Å². The van der Waals surface area contributed by atoms with E-state index in [4.69, 9.17) is 0 Å². The van der Waals surface area contributed by atoms with Crippen molar-refractivity contribution in [3.63, 3.8) is 0 Å². The second kappa shape index (κ2) is 8.66. The summed E-state index contributed by atoms with van der Waals surface area (Å²) in [7, 11) is 0. The molecule has 0 fully saturated rings. The number of carbonyl (C=O) groups is 2. The summed E-state index contributed by atoms with van der Waals surface area (Å²) in [6.07, 6.45) is 0.00872. The molecule has 0 aliphatic carbocycles. The summed E-state index contributed by atoms with van der Waals surface area (Å²) >= 11 is 0. The van der Waals surface area contributed by atoms with Crippen molar-refractivity contribution in [3.8, 4) is 11.5 Å². The van der Waals surface area contributed by atoms with E-state index in [1.165, 1.54) is 18.2 Å². The Kier molecular flexibility index (Phi) is 6.32. The van der Waals surface area contributed by atoms with Gasteiger partial charge in [-0.2, -0.15) is 5.10 Å². The summed E-state index contributed by atoms with van der Waals surface area (Å²) in [6.45, 7) is 3.53. The molecule has 0 spiro atoms. The van der Waals surface area contributed by atoms with Gasteiger partial charge in [0, 0.05) is 30.2 Å². The Morgan fingerprint density at radius 3 is 2.46 bits per heavy atom. The second-order valence-electron chi connectivity index (χ2n) is 5.85. The molecule has 2 amide bonds. The first-order chi connectivity index (χ1) is 12.3. The molecule has 7 heteroatoms. The third-order valence-electron chi connectivity index (χ3n) is 3.60. The van der Waals surface area contributed by atoms with E-state index in [-0.39, 0.29) is 30.2 Å². The molecule has 26 heavy (non-hydrogen) atoms. The van der Waals surface area contributed by atoms with Gasteiger partial charge in [0.2, 0.25) is 11.8 Å². The van der Waals surface area contributed by atoms with E-state index in [2.05, 4.69) is 15.8 Å². The number of nitrogens with zero attached hydrogens (tertiary/aromatic N) is 1. The largest absolute Gasteiger partial charge is 0.508 e. The Hall–Kier alpha value is -3.35. The topological polar surface area (TPSA) is 111 Å². The number of hydrogen-bond acceptors (Lipinski definition) is 5. The number of phenolic OH excluding ortho intramolecular Hbond substituents is 2. The minimum Gasteiger partial charge on any atom is -0.508 e. The zero-order chi connectivity index (χ0) is 19.1. The number of rotatable bonds is 6. The molecule has 0 unspecified atom stereocenters. The van der Waals surface area contributed by atoms with E-state index >= 15 is 0 Å². The number of aryl methyl sites for hydroxylation is 1. The van der Waals surface area contributed by atoms with E-state index in [0.717, 1.165) is 5.56 Å². The van der Waals surface area contributed by atoms with Crippen molar-refractivity contribution in [1.82, 2.24) is 5.43 Å². The summed E-state index contributed by atoms with van der Waals surface area (Å²) in [5, 5.41) is 25.7. The van der Waals surface area contributed by atoms with E-state index in [1.807, 2.05) is 25.1 Å². The Balaban J connectivity index is 1.83. The van der Waals surface area contributed by atoms with Crippen LogP contribution in [0.25, 0.3) is 0 Å². The first-order valence-electron chi connectivity index (χ1n) is 8.07. The molecule has 0 saturated carbocycles. The molecule has 0 aromatic heterocycles. The van der Waals surface area contributed by atoms with Crippen molar-refractivity contribution in [1.29, 1.82) is 0 Å². The molecule has 0 heterocycles. The van der Waals surface area contributed by atoms with Crippen molar-refractivity contribution in [2.45, 2.75) is 26.7 Å². The van der Waals surface area contributed by atoms with Gasteiger partial charge in [-0.15, -0.1) is 0 Å². The van der Waals surface area contributed by atoms with Gasteiger partial charge < -0.3 is 15.5 Å². The van der Waals surface area contributed by atoms with Crippen LogP contribution < -0.4 is 10.7 Å². The van der Waals surface area contributed by atoms with Gasteiger partial charge >= 0.3 is 0 Å². The van der Waals surface area contributed by atoms with Crippen LogP contribution in [-0.4, -0.2) is 27.7 Å². The van der Waals surface area contributed by atoms with Crippen LogP contribution >= 0.6 is 0 Å². The Morgan fingerprint density at radius 2 is 1.77 bits per heavy atom. The van der Waals surface area contributed by atoms with Crippen LogP contribution in [0.3, 0.4) is 0 Å². The van der Waals surface area contributed by atoms with Crippen LogP contribution in [0.2, 0.25) is 0 Å². The third kappa shape index (κ3) is 5.62. The molecule has 4 N–H and O–H groups in total.